The molecule has 0 atom stereocenters. The molecule has 0 bridgehead atoms. The lowest BCUT2D eigenvalue weighted by Gasteiger charge is -2.06. The van der Waals surface area contributed by atoms with Crippen LogP contribution in [0.2, 0.25) is 0 Å². The van der Waals surface area contributed by atoms with Gasteiger partial charge >= 0.3 is 11.9 Å². The molecular weight excluding hydrogens is 372 g/mol. The number of phenolic OH excluding ortho intramolecular Hbond substituents is 3. The van der Waals surface area contributed by atoms with Crippen molar-refractivity contribution in [3.8, 4) is 28.6 Å². The molecule has 3 aromatic rings. The molecule has 0 aliphatic carbocycles. The zero-order valence-corrected chi connectivity index (χ0v) is 14.1. The summed E-state index contributed by atoms with van der Waals surface area (Å²) in [5, 5.41) is 44.1. The van der Waals surface area contributed by atoms with Gasteiger partial charge in [0.15, 0.2) is 16.9 Å². The van der Waals surface area contributed by atoms with Crippen LogP contribution in [0.5, 0.6) is 17.2 Å². The number of hydrogen-bond donors (Lipinski definition) is 5. The zero-order valence-electron chi connectivity index (χ0n) is 14.1. The highest BCUT2D eigenvalue weighted by molar-refractivity contribution is 5.90. The molecule has 5 N–H and O–H groups in total. The highest BCUT2D eigenvalue weighted by Gasteiger charge is 2.17. The van der Waals surface area contributed by atoms with Crippen molar-refractivity contribution in [1.82, 2.24) is 0 Å². The predicted octanol–water partition coefficient (Wildman–Crippen LogP) is 2.29. The minimum atomic E-state index is -1.26. The minimum Gasteiger partial charge on any atom is -0.504 e. The number of aliphatic carboxylic acids is 2. The summed E-state index contributed by atoms with van der Waals surface area (Å²) in [4.78, 5) is 31.2. The standard InChI is InChI=1S/C15H10O5.C4H4O4/c16-9-6-11(8-4-2-1-3-5-8)20-12-7-10(17)14(18)15(19)13(9)12;5-3(6)1-2-4(7)8/h1-7,17-19H;1-2H,(H,5,6)(H,7,8)/b;2-1-. The van der Waals surface area contributed by atoms with Gasteiger partial charge in [-0.15, -0.1) is 0 Å². The van der Waals surface area contributed by atoms with Crippen LogP contribution in [-0.2, 0) is 9.59 Å². The van der Waals surface area contributed by atoms with Gasteiger partial charge in [-0.05, 0) is 0 Å². The lowest BCUT2D eigenvalue weighted by molar-refractivity contribution is -0.134. The Morgan fingerprint density at radius 3 is 1.96 bits per heavy atom. The first-order valence-electron chi connectivity index (χ1n) is 7.61. The highest BCUT2D eigenvalue weighted by atomic mass is 16.4. The maximum atomic E-state index is 12.0. The fourth-order valence-electron chi connectivity index (χ4n) is 2.17. The molecule has 0 unspecified atom stereocenters. The van der Waals surface area contributed by atoms with Gasteiger partial charge in [-0.25, -0.2) is 9.59 Å². The maximum Gasteiger partial charge on any atom is 0.328 e. The minimum absolute atomic E-state index is 0.00385. The van der Waals surface area contributed by atoms with Crippen LogP contribution in [0.1, 0.15) is 0 Å². The lowest BCUT2D eigenvalue weighted by atomic mass is 10.1. The molecule has 1 heterocycles. The van der Waals surface area contributed by atoms with Crippen LogP contribution in [0.4, 0.5) is 0 Å². The molecule has 1 aromatic heterocycles. The van der Waals surface area contributed by atoms with Crippen LogP contribution >= 0.6 is 0 Å². The molecule has 144 valence electrons. The second-order valence-corrected chi connectivity index (χ2v) is 5.32. The first-order chi connectivity index (χ1) is 13.2. The molecule has 0 spiro atoms. The number of rotatable bonds is 3. The van der Waals surface area contributed by atoms with E-state index in [0.29, 0.717) is 23.5 Å². The summed E-state index contributed by atoms with van der Waals surface area (Å²) in [7, 11) is 0. The summed E-state index contributed by atoms with van der Waals surface area (Å²) in [6.07, 6.45) is 1.12. The van der Waals surface area contributed by atoms with Crippen molar-refractivity contribution in [2.24, 2.45) is 0 Å². The molecule has 2 aromatic carbocycles. The van der Waals surface area contributed by atoms with E-state index >= 15 is 0 Å². The van der Waals surface area contributed by atoms with Gasteiger partial charge in [0.25, 0.3) is 0 Å². The fraction of sp³-hybridized carbons (Fsp3) is 0. The quantitative estimate of drug-likeness (QED) is 0.335. The van der Waals surface area contributed by atoms with Gasteiger partial charge < -0.3 is 29.9 Å². The Kier molecular flexibility index (Phi) is 6.02. The molecule has 3 rings (SSSR count). The molecule has 9 heteroatoms. The van der Waals surface area contributed by atoms with E-state index in [1.807, 2.05) is 6.07 Å². The van der Waals surface area contributed by atoms with Crippen molar-refractivity contribution in [3.63, 3.8) is 0 Å². The third kappa shape index (κ3) is 4.67. The van der Waals surface area contributed by atoms with E-state index in [9.17, 15) is 29.7 Å². The van der Waals surface area contributed by atoms with Gasteiger partial charge in [-0.2, -0.15) is 0 Å². The Morgan fingerprint density at radius 2 is 1.43 bits per heavy atom. The van der Waals surface area contributed by atoms with E-state index in [4.69, 9.17) is 14.6 Å². The zero-order chi connectivity index (χ0) is 20.8. The Balaban J connectivity index is 0.000000300. The summed E-state index contributed by atoms with van der Waals surface area (Å²) in [5.74, 6) is -4.18. The number of phenols is 3. The molecule has 0 saturated carbocycles. The third-order valence-corrected chi connectivity index (χ3v) is 3.37. The average Bonchev–Trinajstić information content (AvgIpc) is 2.65. The van der Waals surface area contributed by atoms with Gasteiger partial charge in [0.05, 0.1) is 0 Å². The summed E-state index contributed by atoms with van der Waals surface area (Å²) in [6, 6.07) is 11.3. The van der Waals surface area contributed by atoms with Crippen LogP contribution in [0.25, 0.3) is 22.3 Å². The van der Waals surface area contributed by atoms with Crippen LogP contribution in [0.3, 0.4) is 0 Å². The Hall–Kier alpha value is -4.27. The summed E-state index contributed by atoms with van der Waals surface area (Å²) in [5.41, 5.74) is 0.195. The first-order valence-corrected chi connectivity index (χ1v) is 7.61. The topological polar surface area (TPSA) is 165 Å². The second kappa shape index (κ2) is 8.41. The van der Waals surface area contributed by atoms with Gasteiger partial charge in [0.2, 0.25) is 5.75 Å². The average molecular weight is 386 g/mol. The van der Waals surface area contributed by atoms with Crippen molar-refractivity contribution < 1.29 is 39.5 Å². The maximum absolute atomic E-state index is 12.0. The number of benzene rings is 2. The van der Waals surface area contributed by atoms with Crippen LogP contribution in [-0.4, -0.2) is 37.5 Å². The molecule has 0 aliphatic heterocycles. The number of carboxylic acid groups (broad SMARTS) is 2. The number of carbonyl (C=O) groups is 2. The molecule has 0 fully saturated rings. The number of carboxylic acids is 2. The molecule has 0 amide bonds. The van der Waals surface area contributed by atoms with Crippen molar-refractivity contribution >= 4 is 22.9 Å². The van der Waals surface area contributed by atoms with Crippen molar-refractivity contribution in [2.45, 2.75) is 0 Å². The predicted molar refractivity (Wildman–Crippen MR) is 97.3 cm³/mol. The van der Waals surface area contributed by atoms with Crippen LogP contribution < -0.4 is 5.43 Å². The van der Waals surface area contributed by atoms with Gasteiger partial charge in [-0.3, -0.25) is 4.79 Å². The SMILES string of the molecule is O=C(O)/C=C\C(=O)O.O=c1cc(-c2ccccc2)oc2cc(O)c(O)c(O)c12. The van der Waals surface area contributed by atoms with E-state index < -0.39 is 34.6 Å². The summed E-state index contributed by atoms with van der Waals surface area (Å²) in [6.45, 7) is 0. The fourth-order valence-corrected chi connectivity index (χ4v) is 2.17. The van der Waals surface area contributed by atoms with Crippen molar-refractivity contribution in [1.29, 1.82) is 0 Å². The van der Waals surface area contributed by atoms with Crippen molar-refractivity contribution in [3.05, 3.63) is 64.8 Å². The van der Waals surface area contributed by atoms with Crippen LogP contribution in [0, 0.1) is 0 Å². The van der Waals surface area contributed by atoms with Gasteiger partial charge in [0, 0.05) is 29.8 Å². The number of hydrogen-bond acceptors (Lipinski definition) is 7. The van der Waals surface area contributed by atoms with E-state index in [0.717, 1.165) is 6.07 Å². The summed E-state index contributed by atoms with van der Waals surface area (Å²) < 4.78 is 5.51. The van der Waals surface area contributed by atoms with E-state index in [1.165, 1.54) is 6.07 Å². The van der Waals surface area contributed by atoms with Gasteiger partial charge in [-0.1, -0.05) is 30.3 Å². The van der Waals surface area contributed by atoms with Crippen molar-refractivity contribution in [2.75, 3.05) is 0 Å². The van der Waals surface area contributed by atoms with Gasteiger partial charge in [0.1, 0.15) is 16.7 Å². The largest absolute Gasteiger partial charge is 0.504 e. The molecule has 28 heavy (non-hydrogen) atoms. The normalized spacial score (nSPS) is 10.4. The number of aromatic hydroxyl groups is 3. The van der Waals surface area contributed by atoms with Crippen LogP contribution in [0.15, 0.2) is 63.8 Å². The number of fused-ring (bicyclic) bond motifs is 1. The lowest BCUT2D eigenvalue weighted by Crippen LogP contribution is -2.00. The molecule has 0 aliphatic rings. The smallest absolute Gasteiger partial charge is 0.328 e. The summed E-state index contributed by atoms with van der Waals surface area (Å²) >= 11 is 0. The first kappa shape index (κ1) is 20.0. The molecular formula is C19H14O9. The highest BCUT2D eigenvalue weighted by Crippen LogP contribution is 2.40. The Labute approximate surface area is 156 Å². The molecule has 0 saturated heterocycles. The monoisotopic (exact) mass is 386 g/mol. The molecule has 0 radical (unpaired) electrons. The Bertz CT molecular complexity index is 1100. The van der Waals surface area contributed by atoms with E-state index in [2.05, 4.69) is 0 Å². The Morgan fingerprint density at radius 1 is 0.857 bits per heavy atom. The van der Waals surface area contributed by atoms with E-state index in [-0.39, 0.29) is 11.0 Å². The molecule has 9 nitrogen and oxygen atoms in total. The third-order valence-electron chi connectivity index (χ3n) is 3.37. The second-order valence-electron chi connectivity index (χ2n) is 5.32. The van der Waals surface area contributed by atoms with E-state index in [1.54, 1.807) is 24.3 Å².